The van der Waals surface area contributed by atoms with Gasteiger partial charge < -0.3 is 24.8 Å². The van der Waals surface area contributed by atoms with Crippen LogP contribution >= 0.6 is 0 Å². The zero-order valence-electron chi connectivity index (χ0n) is 21.1. The highest BCUT2D eigenvalue weighted by atomic mass is 16.7. The minimum Gasteiger partial charge on any atom is -0.438 e. The number of aliphatic hydroxyl groups excluding tert-OH is 3. The lowest BCUT2D eigenvalue weighted by atomic mass is 9.62. The van der Waals surface area contributed by atoms with E-state index in [4.69, 9.17) is 4.74 Å². The van der Waals surface area contributed by atoms with E-state index >= 15 is 0 Å². The molecule has 6 atom stereocenters. The van der Waals surface area contributed by atoms with Crippen LogP contribution in [0.1, 0.15) is 72.1 Å². The van der Waals surface area contributed by atoms with E-state index in [2.05, 4.69) is 30.4 Å². The number of aliphatic hydroxyl groups is 3. The van der Waals surface area contributed by atoms with Crippen molar-refractivity contribution in [1.29, 1.82) is 0 Å². The molecule has 0 aromatic heterocycles. The van der Waals surface area contributed by atoms with Crippen molar-refractivity contribution in [1.82, 2.24) is 0 Å². The van der Waals surface area contributed by atoms with Crippen molar-refractivity contribution >= 4 is 6.16 Å². The van der Waals surface area contributed by atoms with Gasteiger partial charge >= 0.3 is 6.16 Å². The third kappa shape index (κ3) is 6.02. The van der Waals surface area contributed by atoms with E-state index in [1.54, 1.807) is 19.9 Å². The molecule has 3 fully saturated rings. The molecule has 3 saturated carbocycles. The van der Waals surface area contributed by atoms with Crippen molar-refractivity contribution in [3.63, 3.8) is 0 Å². The Balaban J connectivity index is 1.70. The number of ether oxygens (including phenoxy) is 2. The van der Waals surface area contributed by atoms with Crippen LogP contribution in [0, 0.1) is 17.3 Å². The number of hydrogen-bond donors (Lipinski definition) is 3. The summed E-state index contributed by atoms with van der Waals surface area (Å²) < 4.78 is 9.73. The SMILES string of the molecule is C=C(/C=C/[C@H](O)C(C)(C)OC(=O)OC)[C@H]1CC[C@H]2/C(=C/C=C3C[C@@H](O)C[C@H](O)C3)CCC[C@]12C. The van der Waals surface area contributed by atoms with Gasteiger partial charge in [-0.05, 0) is 82.5 Å². The van der Waals surface area contributed by atoms with Gasteiger partial charge in [-0.3, -0.25) is 0 Å². The highest BCUT2D eigenvalue weighted by Gasteiger charge is 2.49. The molecule has 0 heterocycles. The van der Waals surface area contributed by atoms with E-state index < -0.39 is 30.1 Å². The summed E-state index contributed by atoms with van der Waals surface area (Å²) >= 11 is 0. The van der Waals surface area contributed by atoms with Crippen molar-refractivity contribution in [2.24, 2.45) is 17.3 Å². The number of hydrogen-bond acceptors (Lipinski definition) is 6. The quantitative estimate of drug-likeness (QED) is 0.370. The Labute approximate surface area is 204 Å². The highest BCUT2D eigenvalue weighted by molar-refractivity contribution is 5.60. The first-order chi connectivity index (χ1) is 16.0. The molecular formula is C28H42O6. The van der Waals surface area contributed by atoms with Crippen molar-refractivity contribution in [2.45, 2.75) is 96.1 Å². The Morgan fingerprint density at radius 1 is 1.21 bits per heavy atom. The van der Waals surface area contributed by atoms with E-state index in [0.29, 0.717) is 31.1 Å². The summed E-state index contributed by atoms with van der Waals surface area (Å²) in [6, 6.07) is 0. The molecule has 3 aliphatic carbocycles. The van der Waals surface area contributed by atoms with Crippen molar-refractivity contribution in [2.75, 3.05) is 7.11 Å². The Morgan fingerprint density at radius 3 is 2.53 bits per heavy atom. The maximum atomic E-state index is 11.5. The predicted octanol–water partition coefficient (Wildman–Crippen LogP) is 5.00. The largest absolute Gasteiger partial charge is 0.508 e. The molecule has 6 nitrogen and oxygen atoms in total. The Morgan fingerprint density at radius 2 is 1.88 bits per heavy atom. The van der Waals surface area contributed by atoms with Gasteiger partial charge in [-0.15, -0.1) is 0 Å². The molecule has 3 N–H and O–H groups in total. The van der Waals surface area contributed by atoms with Gasteiger partial charge in [0.25, 0.3) is 0 Å². The van der Waals surface area contributed by atoms with Gasteiger partial charge in [-0.1, -0.05) is 54.5 Å². The number of allylic oxidation sites excluding steroid dienone is 5. The first kappa shape index (κ1) is 26.7. The smallest absolute Gasteiger partial charge is 0.438 e. The normalized spacial score (nSPS) is 34.1. The van der Waals surface area contributed by atoms with Crippen LogP contribution in [0.25, 0.3) is 0 Å². The minimum atomic E-state index is -1.11. The van der Waals surface area contributed by atoms with Crippen LogP contribution < -0.4 is 0 Å². The molecule has 0 spiro atoms. The number of carbonyl (C=O) groups is 1. The molecule has 0 aromatic carbocycles. The highest BCUT2D eigenvalue weighted by Crippen LogP contribution is 2.59. The fraction of sp³-hybridized carbons (Fsp3) is 0.679. The molecule has 0 aromatic rings. The van der Waals surface area contributed by atoms with Gasteiger partial charge in [0, 0.05) is 0 Å². The van der Waals surface area contributed by atoms with E-state index in [9.17, 15) is 20.1 Å². The molecule has 0 radical (unpaired) electrons. The van der Waals surface area contributed by atoms with Gasteiger partial charge in [0.15, 0.2) is 0 Å². The molecule has 0 aliphatic heterocycles. The van der Waals surface area contributed by atoms with Crippen LogP contribution in [-0.2, 0) is 9.47 Å². The molecule has 34 heavy (non-hydrogen) atoms. The van der Waals surface area contributed by atoms with Crippen LogP contribution in [-0.4, -0.2) is 52.5 Å². The summed E-state index contributed by atoms with van der Waals surface area (Å²) in [5.74, 6) is 0.802. The average molecular weight is 475 g/mol. The number of carbonyl (C=O) groups excluding carboxylic acids is 1. The van der Waals surface area contributed by atoms with E-state index in [-0.39, 0.29) is 5.41 Å². The average Bonchev–Trinajstić information content (AvgIpc) is 3.12. The summed E-state index contributed by atoms with van der Waals surface area (Å²) in [5, 5.41) is 30.5. The number of fused-ring (bicyclic) bond motifs is 1. The van der Waals surface area contributed by atoms with Gasteiger partial charge in [-0.25, -0.2) is 4.79 Å². The van der Waals surface area contributed by atoms with Gasteiger partial charge in [0.2, 0.25) is 0 Å². The maximum Gasteiger partial charge on any atom is 0.508 e. The van der Waals surface area contributed by atoms with Crippen LogP contribution in [0.3, 0.4) is 0 Å². The fourth-order valence-electron chi connectivity index (χ4n) is 6.26. The first-order valence-electron chi connectivity index (χ1n) is 12.5. The standard InChI is InChI=1S/C28H42O6/c1-18(8-13-25(31)27(2,3)34-26(32)33-5)23-11-12-24-20(7-6-14-28(23,24)4)10-9-19-15-21(29)17-22(30)16-19/h8-10,13,21-25,29-31H,1,6-7,11-12,14-17H2,2-5H3/b13-8+,20-10+/t21-,22-,23-,24+,25+,28-/m1/s1. The van der Waals surface area contributed by atoms with Crippen molar-refractivity contribution in [3.8, 4) is 0 Å². The summed E-state index contributed by atoms with van der Waals surface area (Å²) in [5.41, 5.74) is 2.58. The fourth-order valence-corrected chi connectivity index (χ4v) is 6.26. The van der Waals surface area contributed by atoms with E-state index in [0.717, 1.165) is 43.3 Å². The van der Waals surface area contributed by atoms with Crippen LogP contribution in [0.15, 0.2) is 47.6 Å². The third-order valence-corrected chi connectivity index (χ3v) is 8.20. The lowest BCUT2D eigenvalue weighted by Gasteiger charge is -2.42. The van der Waals surface area contributed by atoms with E-state index in [1.807, 2.05) is 6.08 Å². The first-order valence-corrected chi connectivity index (χ1v) is 12.5. The zero-order chi connectivity index (χ0) is 25.1. The zero-order valence-corrected chi connectivity index (χ0v) is 21.1. The molecule has 0 bridgehead atoms. The summed E-state index contributed by atoms with van der Waals surface area (Å²) in [7, 11) is 1.24. The van der Waals surface area contributed by atoms with Gasteiger partial charge in [0.05, 0.1) is 19.3 Å². The Hall–Kier alpha value is -1.89. The Kier molecular flexibility index (Phi) is 8.48. The van der Waals surface area contributed by atoms with Crippen LogP contribution in [0.4, 0.5) is 4.79 Å². The second kappa shape index (κ2) is 10.8. The van der Waals surface area contributed by atoms with Gasteiger partial charge in [-0.2, -0.15) is 0 Å². The molecule has 0 unspecified atom stereocenters. The molecule has 190 valence electrons. The molecule has 0 saturated heterocycles. The van der Waals surface area contributed by atoms with Crippen molar-refractivity contribution in [3.05, 3.63) is 47.6 Å². The predicted molar refractivity (Wildman–Crippen MR) is 132 cm³/mol. The number of rotatable bonds is 6. The second-order valence-electron chi connectivity index (χ2n) is 11.1. The molecule has 6 heteroatoms. The monoisotopic (exact) mass is 474 g/mol. The molecule has 3 rings (SSSR count). The second-order valence-corrected chi connectivity index (χ2v) is 11.1. The molecule has 3 aliphatic rings. The molecular weight excluding hydrogens is 432 g/mol. The van der Waals surface area contributed by atoms with Gasteiger partial charge in [0.1, 0.15) is 11.7 Å². The molecule has 0 amide bonds. The summed E-state index contributed by atoms with van der Waals surface area (Å²) in [6.07, 6.45) is 12.5. The van der Waals surface area contributed by atoms with E-state index in [1.165, 1.54) is 12.7 Å². The summed E-state index contributed by atoms with van der Waals surface area (Å²) in [6.45, 7) is 10.0. The van der Waals surface area contributed by atoms with Crippen molar-refractivity contribution < 1.29 is 29.6 Å². The Bertz CT molecular complexity index is 841. The van der Waals surface area contributed by atoms with Crippen LogP contribution in [0.5, 0.6) is 0 Å². The third-order valence-electron chi connectivity index (χ3n) is 8.20. The summed E-state index contributed by atoms with van der Waals surface area (Å²) in [4.78, 5) is 11.5. The lowest BCUT2D eigenvalue weighted by Crippen LogP contribution is -2.39. The number of methoxy groups -OCH3 is 1. The van der Waals surface area contributed by atoms with Crippen LogP contribution in [0.2, 0.25) is 0 Å². The topological polar surface area (TPSA) is 96.2 Å². The lowest BCUT2D eigenvalue weighted by molar-refractivity contribution is -0.0615. The minimum absolute atomic E-state index is 0.110. The maximum absolute atomic E-state index is 11.5.